The van der Waals surface area contributed by atoms with Crippen LogP contribution in [0.2, 0.25) is 0 Å². The van der Waals surface area contributed by atoms with Crippen LogP contribution >= 0.6 is 27.7 Å². The molecular weight excluding hydrogens is 752 g/mol. The second-order valence-corrected chi connectivity index (χ2v) is 13.0. The van der Waals surface area contributed by atoms with Crippen LogP contribution in [0.4, 0.5) is 0 Å². The Morgan fingerprint density at radius 1 is 0.731 bits per heavy atom. The van der Waals surface area contributed by atoms with Crippen LogP contribution < -0.4 is 15.4 Å². The number of hydrogen-bond donors (Lipinski definition) is 4. The molecule has 5 rings (SSSR count). The van der Waals surface area contributed by atoms with E-state index in [0.717, 1.165) is 27.1 Å². The molecule has 0 fully saturated rings. The number of aliphatic carboxylic acids is 2. The minimum Gasteiger partial charge on any atom is -0.494 e. The highest BCUT2D eigenvalue weighted by molar-refractivity contribution is 9.10. The number of rotatable bonds is 13. The number of halogens is 1. The number of aryl methyl sites for hydroxylation is 2. The fourth-order valence-corrected chi connectivity index (χ4v) is 6.21. The number of hydrogen-bond acceptors (Lipinski definition) is 10. The first-order valence-corrected chi connectivity index (χ1v) is 17.3. The largest absolute Gasteiger partial charge is 0.494 e. The third kappa shape index (κ3) is 11.4. The Labute approximate surface area is 312 Å². The van der Waals surface area contributed by atoms with Crippen LogP contribution in [0.25, 0.3) is 0 Å². The van der Waals surface area contributed by atoms with Gasteiger partial charge in [-0.15, -0.1) is 0 Å². The Morgan fingerprint density at radius 3 is 1.77 bits per heavy atom. The molecule has 0 unspecified atom stereocenters. The lowest BCUT2D eigenvalue weighted by molar-refractivity contribution is -0.138. The van der Waals surface area contributed by atoms with E-state index in [1.54, 1.807) is 42.7 Å². The molecule has 5 aromatic rings. The van der Waals surface area contributed by atoms with E-state index >= 15 is 0 Å². The van der Waals surface area contributed by atoms with Crippen LogP contribution in [-0.4, -0.2) is 61.0 Å². The summed E-state index contributed by atoms with van der Waals surface area (Å²) < 4.78 is 5.49. The lowest BCUT2D eigenvalue weighted by Gasteiger charge is -2.19. The number of nitrogens with one attached hydrogen (secondary N) is 2. The van der Waals surface area contributed by atoms with Crippen molar-refractivity contribution in [2.75, 3.05) is 7.11 Å². The quantitative estimate of drug-likeness (QED) is 0.0761. The molecule has 0 bridgehead atoms. The summed E-state index contributed by atoms with van der Waals surface area (Å²) in [6, 6.07) is 21.7. The van der Waals surface area contributed by atoms with Gasteiger partial charge in [0.15, 0.2) is 10.9 Å². The Balaban J connectivity index is 0.000000236. The van der Waals surface area contributed by atoms with Crippen molar-refractivity contribution < 1.29 is 34.1 Å². The first kappa shape index (κ1) is 39.1. The van der Waals surface area contributed by atoms with Gasteiger partial charge in [-0.05, 0) is 94.1 Å². The van der Waals surface area contributed by atoms with Crippen molar-refractivity contribution in [3.63, 3.8) is 0 Å². The molecular formula is C37H35BrN6O7S. The summed E-state index contributed by atoms with van der Waals surface area (Å²) in [5, 5.41) is 24.5. The lowest BCUT2D eigenvalue weighted by atomic mass is 9.98. The molecule has 0 aliphatic carbocycles. The summed E-state index contributed by atoms with van der Waals surface area (Å²) >= 11 is 4.54. The summed E-state index contributed by atoms with van der Waals surface area (Å²) in [4.78, 5) is 64.9. The SMILES string of the molecule is COc1ccc(C(=O)N[C@@H](CC(=O)O)c2ccccc2C)nc1Br.Cc1ccccc1[C@H](CC(=O)O)NC(=O)c1cc(Sc2ncccn2)ccn1. The van der Waals surface area contributed by atoms with Gasteiger partial charge >= 0.3 is 11.9 Å². The molecule has 15 heteroatoms. The average Bonchev–Trinajstić information content (AvgIpc) is 3.12. The zero-order chi connectivity index (χ0) is 37.6. The summed E-state index contributed by atoms with van der Waals surface area (Å²) in [6.45, 7) is 3.75. The normalized spacial score (nSPS) is 11.6. The maximum absolute atomic E-state index is 12.7. The maximum Gasteiger partial charge on any atom is 0.305 e. The van der Waals surface area contributed by atoms with Crippen molar-refractivity contribution in [3.05, 3.63) is 136 Å². The molecule has 0 saturated carbocycles. The number of ether oxygens (including phenoxy) is 1. The molecule has 2 aromatic carbocycles. The molecule has 2 amide bonds. The lowest BCUT2D eigenvalue weighted by Crippen LogP contribution is -2.31. The molecule has 0 aliphatic rings. The first-order valence-electron chi connectivity index (χ1n) is 15.7. The number of carbonyl (C=O) groups excluding carboxylic acids is 2. The third-order valence-corrected chi connectivity index (χ3v) is 8.93. The summed E-state index contributed by atoms with van der Waals surface area (Å²) in [7, 11) is 1.50. The fraction of sp³-hybridized carbons (Fsp3) is 0.189. The highest BCUT2D eigenvalue weighted by Gasteiger charge is 2.23. The smallest absolute Gasteiger partial charge is 0.305 e. The molecule has 3 heterocycles. The third-order valence-electron chi connectivity index (χ3n) is 7.48. The zero-order valence-electron chi connectivity index (χ0n) is 28.3. The highest BCUT2D eigenvalue weighted by atomic mass is 79.9. The number of pyridine rings is 2. The standard InChI is InChI=1S/C20H18N4O3S.C17H17BrN2O4/c1-13-5-2-3-6-15(13)16(12-18(25)26)24-19(27)17-11-14(7-10-21-17)28-20-22-8-4-9-23-20;1-10-5-3-4-6-11(10)13(9-15(21)22)20-17(23)12-7-8-14(24-2)16(18)19-12/h2-11,16H,12H2,1H3,(H,24,27)(H,25,26);3-8,13H,9H2,1-2H3,(H,20,23)(H,21,22)/t16-;13-/m00/s1. The molecule has 0 saturated heterocycles. The monoisotopic (exact) mass is 786 g/mol. The summed E-state index contributed by atoms with van der Waals surface area (Å²) in [6.07, 6.45) is 4.38. The van der Waals surface area contributed by atoms with Gasteiger partial charge in [0.1, 0.15) is 16.0 Å². The van der Waals surface area contributed by atoms with Gasteiger partial charge in [-0.25, -0.2) is 15.0 Å². The van der Waals surface area contributed by atoms with Crippen LogP contribution in [0.15, 0.2) is 112 Å². The minimum atomic E-state index is -0.993. The molecule has 0 spiro atoms. The van der Waals surface area contributed by atoms with E-state index in [1.807, 2.05) is 56.3 Å². The number of benzene rings is 2. The van der Waals surface area contributed by atoms with Crippen molar-refractivity contribution in [2.45, 2.75) is 48.8 Å². The number of nitrogens with zero attached hydrogens (tertiary/aromatic N) is 4. The second-order valence-electron chi connectivity index (χ2n) is 11.2. The van der Waals surface area contributed by atoms with Crippen molar-refractivity contribution in [3.8, 4) is 5.75 Å². The number of amides is 2. The molecule has 0 aliphatic heterocycles. The predicted molar refractivity (Wildman–Crippen MR) is 196 cm³/mol. The van der Waals surface area contributed by atoms with Gasteiger partial charge in [0, 0.05) is 23.5 Å². The van der Waals surface area contributed by atoms with E-state index in [-0.39, 0.29) is 24.2 Å². The summed E-state index contributed by atoms with van der Waals surface area (Å²) in [5.41, 5.74) is 3.72. The summed E-state index contributed by atoms with van der Waals surface area (Å²) in [5.74, 6) is -2.37. The zero-order valence-corrected chi connectivity index (χ0v) is 30.7. The molecule has 52 heavy (non-hydrogen) atoms. The van der Waals surface area contributed by atoms with Crippen LogP contribution in [0, 0.1) is 13.8 Å². The molecule has 3 aromatic heterocycles. The highest BCUT2D eigenvalue weighted by Crippen LogP contribution is 2.26. The van der Waals surface area contributed by atoms with Gasteiger partial charge in [-0.1, -0.05) is 48.5 Å². The number of carboxylic acid groups (broad SMARTS) is 2. The average molecular weight is 788 g/mol. The van der Waals surface area contributed by atoms with E-state index < -0.39 is 35.8 Å². The van der Waals surface area contributed by atoms with Gasteiger partial charge in [-0.3, -0.25) is 24.2 Å². The Bertz CT molecular complexity index is 2040. The Kier molecular flexibility index (Phi) is 14.4. The fourth-order valence-electron chi connectivity index (χ4n) is 4.99. The van der Waals surface area contributed by atoms with Crippen molar-refractivity contribution >= 4 is 51.4 Å². The van der Waals surface area contributed by atoms with Gasteiger partial charge in [-0.2, -0.15) is 0 Å². The topological polar surface area (TPSA) is 194 Å². The first-order chi connectivity index (χ1) is 24.9. The van der Waals surface area contributed by atoms with Crippen molar-refractivity contribution in [1.29, 1.82) is 0 Å². The van der Waals surface area contributed by atoms with E-state index in [9.17, 15) is 24.3 Å². The van der Waals surface area contributed by atoms with Crippen LogP contribution in [0.3, 0.4) is 0 Å². The van der Waals surface area contributed by atoms with Crippen molar-refractivity contribution in [1.82, 2.24) is 30.6 Å². The van der Waals surface area contributed by atoms with Gasteiger partial charge in [0.2, 0.25) is 0 Å². The minimum absolute atomic E-state index is 0.173. The Hall–Kier alpha value is -5.67. The van der Waals surface area contributed by atoms with Crippen LogP contribution in [0.5, 0.6) is 5.75 Å². The van der Waals surface area contributed by atoms with Gasteiger partial charge in [0.25, 0.3) is 11.8 Å². The van der Waals surface area contributed by atoms with Crippen LogP contribution in [-0.2, 0) is 9.59 Å². The number of carboxylic acids is 2. The van der Waals surface area contributed by atoms with Gasteiger partial charge < -0.3 is 25.6 Å². The van der Waals surface area contributed by atoms with E-state index in [1.165, 1.54) is 31.1 Å². The van der Waals surface area contributed by atoms with E-state index in [2.05, 4.69) is 46.5 Å². The van der Waals surface area contributed by atoms with E-state index in [4.69, 9.17) is 9.84 Å². The van der Waals surface area contributed by atoms with Gasteiger partial charge in [0.05, 0.1) is 32.0 Å². The molecule has 268 valence electrons. The number of carbonyl (C=O) groups is 4. The molecule has 13 nitrogen and oxygen atoms in total. The van der Waals surface area contributed by atoms with E-state index in [0.29, 0.717) is 15.5 Å². The second kappa shape index (κ2) is 19.1. The molecule has 0 radical (unpaired) electrons. The number of aromatic nitrogens is 4. The van der Waals surface area contributed by atoms with Crippen molar-refractivity contribution in [2.24, 2.45) is 0 Å². The molecule has 2 atom stereocenters. The van der Waals surface area contributed by atoms with Crippen LogP contribution in [0.1, 0.15) is 68.2 Å². The number of methoxy groups -OCH3 is 1. The Morgan fingerprint density at radius 2 is 1.27 bits per heavy atom. The molecule has 4 N–H and O–H groups in total. The maximum atomic E-state index is 12.7. The predicted octanol–water partition coefficient (Wildman–Crippen LogP) is 6.38.